The number of rotatable bonds is 2. The van der Waals surface area contributed by atoms with Crippen LogP contribution in [0.25, 0.3) is 10.8 Å². The van der Waals surface area contributed by atoms with E-state index in [9.17, 15) is 4.39 Å². The number of nitrogens with zero attached hydrogens (tertiary/aromatic N) is 2. The SMILES string of the molecule is Fc1cccc(Oc2nccc3ccnc(Cl)c23)c1. The molecule has 0 N–H and O–H groups in total. The normalized spacial score (nSPS) is 10.6. The average Bonchev–Trinajstić information content (AvgIpc) is 2.39. The Morgan fingerprint density at radius 2 is 1.84 bits per heavy atom. The van der Waals surface area contributed by atoms with Gasteiger partial charge in [0.05, 0.1) is 5.39 Å². The Kier molecular flexibility index (Phi) is 3.01. The zero-order valence-electron chi connectivity index (χ0n) is 9.68. The van der Waals surface area contributed by atoms with E-state index in [4.69, 9.17) is 16.3 Å². The zero-order valence-corrected chi connectivity index (χ0v) is 10.4. The Morgan fingerprint density at radius 3 is 2.63 bits per heavy atom. The van der Waals surface area contributed by atoms with Gasteiger partial charge in [-0.3, -0.25) is 0 Å². The lowest BCUT2D eigenvalue weighted by Gasteiger charge is -2.08. The minimum absolute atomic E-state index is 0.303. The first kappa shape index (κ1) is 11.9. The molecule has 0 unspecified atom stereocenters. The maximum atomic E-state index is 13.1. The number of fused-ring (bicyclic) bond motifs is 1. The molecule has 0 fully saturated rings. The van der Waals surface area contributed by atoms with Gasteiger partial charge in [0.2, 0.25) is 5.88 Å². The highest BCUT2D eigenvalue weighted by Crippen LogP contribution is 2.31. The monoisotopic (exact) mass is 274 g/mol. The van der Waals surface area contributed by atoms with E-state index in [0.717, 1.165) is 5.39 Å². The second-order valence-electron chi connectivity index (χ2n) is 3.88. The van der Waals surface area contributed by atoms with E-state index in [1.54, 1.807) is 36.7 Å². The highest BCUT2D eigenvalue weighted by atomic mass is 35.5. The van der Waals surface area contributed by atoms with Gasteiger partial charge in [0.1, 0.15) is 16.7 Å². The summed E-state index contributed by atoms with van der Waals surface area (Å²) in [7, 11) is 0. The van der Waals surface area contributed by atoms with Gasteiger partial charge in [0, 0.05) is 18.5 Å². The van der Waals surface area contributed by atoms with Crippen LogP contribution in [0.1, 0.15) is 0 Å². The summed E-state index contributed by atoms with van der Waals surface area (Å²) in [6.07, 6.45) is 3.21. The Bertz CT molecular complexity index is 743. The summed E-state index contributed by atoms with van der Waals surface area (Å²) in [4.78, 5) is 8.12. The number of ether oxygens (including phenoxy) is 1. The van der Waals surface area contributed by atoms with Crippen molar-refractivity contribution in [1.82, 2.24) is 9.97 Å². The molecule has 2 aromatic heterocycles. The maximum Gasteiger partial charge on any atom is 0.230 e. The van der Waals surface area contributed by atoms with Crippen LogP contribution in [0, 0.1) is 5.82 Å². The summed E-state index contributed by atoms with van der Waals surface area (Å²) in [5, 5.41) is 1.77. The Hall–Kier alpha value is -2.20. The standard InChI is InChI=1S/C14H8ClFN2O/c15-13-12-9(4-6-17-13)5-7-18-14(12)19-11-3-1-2-10(16)8-11/h1-8H. The molecule has 5 heteroatoms. The molecule has 3 aromatic rings. The summed E-state index contributed by atoms with van der Waals surface area (Å²) in [6, 6.07) is 9.45. The van der Waals surface area contributed by atoms with Gasteiger partial charge in [-0.05, 0) is 29.7 Å². The van der Waals surface area contributed by atoms with E-state index >= 15 is 0 Å². The minimum atomic E-state index is -0.373. The molecular formula is C14H8ClFN2O. The van der Waals surface area contributed by atoms with Crippen LogP contribution < -0.4 is 4.74 Å². The molecule has 2 heterocycles. The topological polar surface area (TPSA) is 35.0 Å². The van der Waals surface area contributed by atoms with Gasteiger partial charge in [-0.2, -0.15) is 0 Å². The van der Waals surface area contributed by atoms with Crippen LogP contribution in [0.5, 0.6) is 11.6 Å². The Morgan fingerprint density at radius 1 is 1.05 bits per heavy atom. The fourth-order valence-electron chi connectivity index (χ4n) is 1.77. The van der Waals surface area contributed by atoms with Crippen molar-refractivity contribution in [3.8, 4) is 11.6 Å². The largest absolute Gasteiger partial charge is 0.438 e. The van der Waals surface area contributed by atoms with Crippen molar-refractivity contribution in [2.75, 3.05) is 0 Å². The lowest BCUT2D eigenvalue weighted by Crippen LogP contribution is -1.91. The third-order valence-electron chi connectivity index (χ3n) is 2.61. The Balaban J connectivity index is 2.11. The van der Waals surface area contributed by atoms with Crippen molar-refractivity contribution in [3.05, 3.63) is 59.8 Å². The van der Waals surface area contributed by atoms with Crippen molar-refractivity contribution in [2.45, 2.75) is 0 Å². The lowest BCUT2D eigenvalue weighted by atomic mass is 10.2. The van der Waals surface area contributed by atoms with Crippen molar-refractivity contribution < 1.29 is 9.13 Å². The van der Waals surface area contributed by atoms with Gasteiger partial charge < -0.3 is 4.74 Å². The zero-order chi connectivity index (χ0) is 13.2. The molecule has 0 aliphatic rings. The molecule has 0 bridgehead atoms. The molecule has 3 rings (SSSR count). The number of hydrogen-bond donors (Lipinski definition) is 0. The van der Waals surface area contributed by atoms with Crippen LogP contribution in [0.4, 0.5) is 4.39 Å². The van der Waals surface area contributed by atoms with Crippen molar-refractivity contribution in [2.24, 2.45) is 0 Å². The lowest BCUT2D eigenvalue weighted by molar-refractivity contribution is 0.464. The third-order valence-corrected chi connectivity index (χ3v) is 2.89. The predicted octanol–water partition coefficient (Wildman–Crippen LogP) is 4.21. The highest BCUT2D eigenvalue weighted by Gasteiger charge is 2.09. The highest BCUT2D eigenvalue weighted by molar-refractivity contribution is 6.34. The smallest absolute Gasteiger partial charge is 0.230 e. The number of halogens is 2. The van der Waals surface area contributed by atoms with E-state index < -0.39 is 0 Å². The van der Waals surface area contributed by atoms with Gasteiger partial charge in [-0.15, -0.1) is 0 Å². The van der Waals surface area contributed by atoms with Crippen molar-refractivity contribution >= 4 is 22.4 Å². The van der Waals surface area contributed by atoms with Crippen molar-refractivity contribution in [1.29, 1.82) is 0 Å². The van der Waals surface area contributed by atoms with Crippen LogP contribution in [0.15, 0.2) is 48.8 Å². The molecular weight excluding hydrogens is 267 g/mol. The molecule has 1 aromatic carbocycles. The van der Waals surface area contributed by atoms with Crippen molar-refractivity contribution in [3.63, 3.8) is 0 Å². The fraction of sp³-hybridized carbons (Fsp3) is 0. The van der Waals surface area contributed by atoms with Crippen LogP contribution in [-0.4, -0.2) is 9.97 Å². The molecule has 0 spiro atoms. The van der Waals surface area contributed by atoms with E-state index in [0.29, 0.717) is 22.2 Å². The molecule has 0 saturated carbocycles. The number of hydrogen-bond acceptors (Lipinski definition) is 3. The predicted molar refractivity (Wildman–Crippen MR) is 71.0 cm³/mol. The summed E-state index contributed by atoms with van der Waals surface area (Å²) < 4.78 is 18.7. The molecule has 19 heavy (non-hydrogen) atoms. The van der Waals surface area contributed by atoms with E-state index in [2.05, 4.69) is 9.97 Å². The summed E-state index contributed by atoms with van der Waals surface area (Å²) in [5.41, 5.74) is 0. The molecule has 0 radical (unpaired) electrons. The average molecular weight is 275 g/mol. The number of pyridine rings is 2. The second-order valence-corrected chi connectivity index (χ2v) is 4.23. The molecule has 0 aliphatic carbocycles. The minimum Gasteiger partial charge on any atom is -0.438 e. The van der Waals surface area contributed by atoms with E-state index in [-0.39, 0.29) is 5.82 Å². The quantitative estimate of drug-likeness (QED) is 0.657. The van der Waals surface area contributed by atoms with Gasteiger partial charge in [-0.25, -0.2) is 14.4 Å². The summed E-state index contributed by atoms with van der Waals surface area (Å²) >= 11 is 6.05. The fourth-order valence-corrected chi connectivity index (χ4v) is 2.02. The van der Waals surface area contributed by atoms with Gasteiger partial charge >= 0.3 is 0 Å². The van der Waals surface area contributed by atoms with Gasteiger partial charge in [0.15, 0.2) is 0 Å². The Labute approximate surface area is 113 Å². The number of benzene rings is 1. The van der Waals surface area contributed by atoms with Crippen LogP contribution in [0.2, 0.25) is 5.15 Å². The summed E-state index contributed by atoms with van der Waals surface area (Å²) in [6.45, 7) is 0. The molecule has 94 valence electrons. The first-order chi connectivity index (χ1) is 9.24. The number of aromatic nitrogens is 2. The molecule has 0 atom stereocenters. The molecule has 0 saturated heterocycles. The van der Waals surface area contributed by atoms with Crippen LogP contribution in [0.3, 0.4) is 0 Å². The molecule has 0 amide bonds. The van der Waals surface area contributed by atoms with Crippen LogP contribution in [-0.2, 0) is 0 Å². The first-order valence-corrected chi connectivity index (χ1v) is 5.94. The first-order valence-electron chi connectivity index (χ1n) is 5.57. The van der Waals surface area contributed by atoms with E-state index in [1.807, 2.05) is 0 Å². The second kappa shape index (κ2) is 4.82. The molecule has 3 nitrogen and oxygen atoms in total. The maximum absolute atomic E-state index is 13.1. The van der Waals surface area contributed by atoms with Gasteiger partial charge in [0.25, 0.3) is 0 Å². The van der Waals surface area contributed by atoms with Crippen LogP contribution >= 0.6 is 11.6 Å². The van der Waals surface area contributed by atoms with Gasteiger partial charge in [-0.1, -0.05) is 17.7 Å². The summed E-state index contributed by atoms with van der Waals surface area (Å²) in [5.74, 6) is 0.295. The van der Waals surface area contributed by atoms with E-state index in [1.165, 1.54) is 12.1 Å². The third kappa shape index (κ3) is 2.35. The molecule has 0 aliphatic heterocycles.